The van der Waals surface area contributed by atoms with Gasteiger partial charge in [-0.05, 0) is 23.7 Å². The summed E-state index contributed by atoms with van der Waals surface area (Å²) < 4.78 is 37.1. The maximum Gasteiger partial charge on any atom is 0.416 e. The highest BCUT2D eigenvalue weighted by Gasteiger charge is 2.31. The monoisotopic (exact) mass is 235 g/mol. The van der Waals surface area contributed by atoms with Gasteiger partial charge in [0.1, 0.15) is 5.52 Å². The molecule has 1 aromatic heterocycles. The van der Waals surface area contributed by atoms with Crippen LogP contribution in [0.5, 0.6) is 0 Å². The molecule has 2 rings (SSSR count). The molecule has 0 radical (unpaired) electrons. The third-order valence-corrected chi connectivity index (χ3v) is 2.09. The van der Waals surface area contributed by atoms with Gasteiger partial charge in [0.15, 0.2) is 0 Å². The van der Waals surface area contributed by atoms with Gasteiger partial charge in [-0.1, -0.05) is 0 Å². The summed E-state index contributed by atoms with van der Waals surface area (Å²) in [7, 11) is 0. The molecule has 0 unspecified atom stereocenters. The van der Waals surface area contributed by atoms with Crippen molar-refractivity contribution in [2.24, 2.45) is 0 Å². The Kier molecular flexibility index (Phi) is 2.04. The van der Waals surface area contributed by atoms with Crippen molar-refractivity contribution >= 4 is 28.3 Å². The third kappa shape index (κ3) is 1.72. The van der Waals surface area contributed by atoms with Gasteiger partial charge in [-0.2, -0.15) is 13.2 Å². The zero-order chi connectivity index (χ0) is 11.2. The number of benzene rings is 1. The molecule has 0 spiro atoms. The molecule has 0 atom stereocenters. The van der Waals surface area contributed by atoms with Crippen LogP contribution in [0.4, 0.5) is 18.9 Å². The van der Waals surface area contributed by atoms with Crippen LogP contribution >= 0.6 is 11.6 Å². The maximum absolute atomic E-state index is 12.4. The second-order valence-electron chi connectivity index (χ2n) is 2.99. The first-order chi connectivity index (χ1) is 6.88. The lowest BCUT2D eigenvalue weighted by Gasteiger charge is -2.07. The first-order valence-corrected chi connectivity index (χ1v) is 4.27. The lowest BCUT2D eigenvalue weighted by molar-refractivity contribution is -0.137. The molecule has 3 N–H and O–H groups in total. The van der Waals surface area contributed by atoms with E-state index in [1.165, 1.54) is 0 Å². The normalized spacial score (nSPS) is 12.3. The maximum atomic E-state index is 12.4. The van der Waals surface area contributed by atoms with Crippen molar-refractivity contribution in [1.82, 2.24) is 9.97 Å². The van der Waals surface area contributed by atoms with Crippen molar-refractivity contribution in [3.05, 3.63) is 23.0 Å². The van der Waals surface area contributed by atoms with Crippen LogP contribution in [0.2, 0.25) is 5.28 Å². The Bertz CT molecular complexity index is 518. The minimum Gasteiger partial charge on any atom is -0.397 e. The Balaban J connectivity index is 2.72. The largest absolute Gasteiger partial charge is 0.416 e. The van der Waals surface area contributed by atoms with Crippen molar-refractivity contribution in [1.29, 1.82) is 0 Å². The molecular formula is C8H5ClF3N3. The number of imidazole rings is 1. The molecule has 2 aromatic rings. The number of rotatable bonds is 0. The van der Waals surface area contributed by atoms with Gasteiger partial charge in [0.25, 0.3) is 0 Å². The van der Waals surface area contributed by atoms with Gasteiger partial charge in [-0.15, -0.1) is 0 Å². The van der Waals surface area contributed by atoms with E-state index in [1.807, 2.05) is 0 Å². The number of aromatic amines is 1. The van der Waals surface area contributed by atoms with E-state index in [1.54, 1.807) is 0 Å². The van der Waals surface area contributed by atoms with Crippen LogP contribution in [0, 0.1) is 0 Å². The highest BCUT2D eigenvalue weighted by atomic mass is 35.5. The fourth-order valence-corrected chi connectivity index (χ4v) is 1.46. The van der Waals surface area contributed by atoms with Gasteiger partial charge in [-0.3, -0.25) is 0 Å². The predicted octanol–water partition coefficient (Wildman–Crippen LogP) is 2.82. The van der Waals surface area contributed by atoms with Crippen LogP contribution < -0.4 is 5.73 Å². The molecular weight excluding hydrogens is 231 g/mol. The summed E-state index contributed by atoms with van der Waals surface area (Å²) >= 11 is 5.52. The Labute approximate surface area is 87.0 Å². The molecule has 0 fully saturated rings. The molecule has 15 heavy (non-hydrogen) atoms. The first-order valence-electron chi connectivity index (χ1n) is 3.90. The number of nitrogen functional groups attached to an aromatic ring is 1. The van der Waals surface area contributed by atoms with E-state index in [0.717, 1.165) is 12.1 Å². The van der Waals surface area contributed by atoms with Crippen LogP contribution in [0.15, 0.2) is 12.1 Å². The highest BCUT2D eigenvalue weighted by Crippen LogP contribution is 2.33. The van der Waals surface area contributed by atoms with Gasteiger partial charge in [0.05, 0.1) is 16.8 Å². The Morgan fingerprint density at radius 1 is 1.33 bits per heavy atom. The van der Waals surface area contributed by atoms with E-state index >= 15 is 0 Å². The number of anilines is 1. The third-order valence-electron chi connectivity index (χ3n) is 1.91. The van der Waals surface area contributed by atoms with Gasteiger partial charge >= 0.3 is 6.18 Å². The number of alkyl halides is 3. The summed E-state index contributed by atoms with van der Waals surface area (Å²) in [5, 5.41) is 0.0102. The van der Waals surface area contributed by atoms with Crippen LogP contribution in [-0.4, -0.2) is 9.97 Å². The van der Waals surface area contributed by atoms with E-state index in [4.69, 9.17) is 17.3 Å². The summed E-state index contributed by atoms with van der Waals surface area (Å²) in [6.07, 6.45) is -4.43. The lowest BCUT2D eigenvalue weighted by Crippen LogP contribution is -2.05. The number of aromatic nitrogens is 2. The minimum atomic E-state index is -4.43. The minimum absolute atomic E-state index is 0.0102. The summed E-state index contributed by atoms with van der Waals surface area (Å²) in [5.74, 6) is 0. The number of H-pyrrole nitrogens is 1. The molecule has 0 aliphatic rings. The quantitative estimate of drug-likeness (QED) is 0.690. The fraction of sp³-hybridized carbons (Fsp3) is 0.125. The average molecular weight is 236 g/mol. The number of nitrogens with two attached hydrogens (primary N) is 1. The van der Waals surface area contributed by atoms with Gasteiger partial charge in [0, 0.05) is 0 Å². The number of nitrogens with one attached hydrogen (secondary N) is 1. The summed E-state index contributed by atoms with van der Waals surface area (Å²) in [6, 6.07) is 1.75. The summed E-state index contributed by atoms with van der Waals surface area (Å²) in [6.45, 7) is 0. The number of halogens is 4. The predicted molar refractivity (Wildman–Crippen MR) is 50.5 cm³/mol. The zero-order valence-corrected chi connectivity index (χ0v) is 7.95. The van der Waals surface area contributed by atoms with Crippen molar-refractivity contribution in [2.45, 2.75) is 6.18 Å². The van der Waals surface area contributed by atoms with Crippen LogP contribution in [0.1, 0.15) is 5.56 Å². The second kappa shape index (κ2) is 3.03. The van der Waals surface area contributed by atoms with E-state index in [0.29, 0.717) is 0 Å². The number of fused-ring (bicyclic) bond motifs is 1. The first kappa shape index (κ1) is 10.1. The van der Waals surface area contributed by atoms with Crippen LogP contribution in [0.3, 0.4) is 0 Å². The number of hydrogen-bond donors (Lipinski definition) is 2. The summed E-state index contributed by atoms with van der Waals surface area (Å²) in [5.41, 5.74) is 4.96. The zero-order valence-electron chi connectivity index (χ0n) is 7.19. The molecule has 0 aliphatic heterocycles. The molecule has 0 bridgehead atoms. The van der Waals surface area contributed by atoms with Gasteiger partial charge in [-0.25, -0.2) is 4.98 Å². The lowest BCUT2D eigenvalue weighted by atomic mass is 10.1. The Hall–Kier alpha value is -1.43. The highest BCUT2D eigenvalue weighted by molar-refractivity contribution is 6.29. The van der Waals surface area contributed by atoms with E-state index < -0.39 is 11.7 Å². The van der Waals surface area contributed by atoms with Crippen molar-refractivity contribution in [3.8, 4) is 0 Å². The molecule has 0 saturated carbocycles. The molecule has 1 aromatic carbocycles. The Morgan fingerprint density at radius 3 is 2.60 bits per heavy atom. The van der Waals surface area contributed by atoms with Gasteiger partial charge < -0.3 is 10.7 Å². The number of hydrogen-bond acceptors (Lipinski definition) is 2. The van der Waals surface area contributed by atoms with Crippen LogP contribution in [-0.2, 0) is 6.18 Å². The molecule has 80 valence electrons. The number of nitrogens with zero attached hydrogens (tertiary/aromatic N) is 1. The molecule has 7 heteroatoms. The average Bonchev–Trinajstić information content (AvgIpc) is 2.44. The van der Waals surface area contributed by atoms with E-state index in [9.17, 15) is 13.2 Å². The van der Waals surface area contributed by atoms with Crippen LogP contribution in [0.25, 0.3) is 11.0 Å². The van der Waals surface area contributed by atoms with E-state index in [-0.39, 0.29) is 22.0 Å². The van der Waals surface area contributed by atoms with Crippen molar-refractivity contribution in [3.63, 3.8) is 0 Å². The molecule has 1 heterocycles. The van der Waals surface area contributed by atoms with Crippen molar-refractivity contribution in [2.75, 3.05) is 5.73 Å². The van der Waals surface area contributed by atoms with Crippen molar-refractivity contribution < 1.29 is 13.2 Å². The molecule has 3 nitrogen and oxygen atoms in total. The summed E-state index contributed by atoms with van der Waals surface area (Å²) in [4.78, 5) is 6.24. The fourth-order valence-electron chi connectivity index (χ4n) is 1.28. The van der Waals surface area contributed by atoms with E-state index in [2.05, 4.69) is 9.97 Å². The standard InChI is InChI=1S/C8H5ClF3N3/c9-7-14-5-2-3(8(10,11)12)1-4(13)6(5)15-7/h1-2H,13H2,(H,14,15). The van der Waals surface area contributed by atoms with Gasteiger partial charge in [0.2, 0.25) is 5.28 Å². The SMILES string of the molecule is Nc1cc(C(F)(F)F)cc2[nH]c(Cl)nc12. The smallest absolute Gasteiger partial charge is 0.397 e. The topological polar surface area (TPSA) is 54.7 Å². The molecule has 0 aliphatic carbocycles. The Morgan fingerprint density at radius 2 is 2.00 bits per heavy atom. The second-order valence-corrected chi connectivity index (χ2v) is 3.35. The molecule has 0 saturated heterocycles. The molecule has 0 amide bonds.